The number of nitrogens with one attached hydrogen (secondary N) is 1. The van der Waals surface area contributed by atoms with Crippen molar-refractivity contribution in [3.05, 3.63) is 28.5 Å². The van der Waals surface area contributed by atoms with Crippen molar-refractivity contribution >= 4 is 26.0 Å². The second kappa shape index (κ2) is 7.17. The highest BCUT2D eigenvalue weighted by atomic mass is 79.9. The normalized spacial score (nSPS) is 18.0. The molecule has 0 bridgehead atoms. The van der Waals surface area contributed by atoms with Crippen LogP contribution in [0.1, 0.15) is 19.8 Å². The van der Waals surface area contributed by atoms with Crippen LogP contribution in [-0.2, 0) is 10.0 Å². The Morgan fingerprint density at radius 3 is 2.62 bits per heavy atom. The Morgan fingerprint density at radius 1 is 1.38 bits per heavy atom. The van der Waals surface area contributed by atoms with Gasteiger partial charge in [0.1, 0.15) is 5.82 Å². The third-order valence-corrected chi connectivity index (χ3v) is 6.30. The summed E-state index contributed by atoms with van der Waals surface area (Å²) < 4.78 is 40.4. The molecule has 1 saturated heterocycles. The van der Waals surface area contributed by atoms with Gasteiger partial charge in [0.2, 0.25) is 10.0 Å². The van der Waals surface area contributed by atoms with E-state index in [-0.39, 0.29) is 9.37 Å². The van der Waals surface area contributed by atoms with Crippen LogP contribution in [0.15, 0.2) is 27.6 Å². The van der Waals surface area contributed by atoms with Crippen molar-refractivity contribution in [3.8, 4) is 0 Å². The second-order valence-electron chi connectivity index (χ2n) is 5.30. The zero-order valence-electron chi connectivity index (χ0n) is 12.0. The van der Waals surface area contributed by atoms with E-state index in [2.05, 4.69) is 32.5 Å². The van der Waals surface area contributed by atoms with Gasteiger partial charge in [-0.3, -0.25) is 0 Å². The first-order valence-electron chi connectivity index (χ1n) is 7.09. The van der Waals surface area contributed by atoms with E-state index in [1.807, 2.05) is 0 Å². The average molecular weight is 379 g/mol. The maximum Gasteiger partial charge on any atom is 0.241 e. The average Bonchev–Trinajstić information content (AvgIpc) is 2.45. The van der Waals surface area contributed by atoms with Crippen LogP contribution < -0.4 is 4.72 Å². The molecule has 0 aliphatic carbocycles. The molecule has 0 unspecified atom stereocenters. The van der Waals surface area contributed by atoms with Crippen molar-refractivity contribution in [1.29, 1.82) is 0 Å². The Kier molecular flexibility index (Phi) is 5.76. The molecule has 1 fully saturated rings. The van der Waals surface area contributed by atoms with Crippen molar-refractivity contribution < 1.29 is 12.8 Å². The maximum absolute atomic E-state index is 13.0. The number of likely N-dealkylation sites (tertiary alicyclic amines) is 1. The number of nitrogens with zero attached hydrogens (tertiary/aromatic N) is 1. The summed E-state index contributed by atoms with van der Waals surface area (Å²) in [5.41, 5.74) is 0. The standard InChI is InChI=1S/C14H20BrFN2O2S/c1-2-18-7-5-11(6-8-18)10-17-21(19,20)14-4-3-12(16)9-13(14)15/h3-4,9,11,17H,2,5-8,10H2,1H3. The van der Waals surface area contributed by atoms with Crippen molar-refractivity contribution in [1.82, 2.24) is 9.62 Å². The first-order valence-corrected chi connectivity index (χ1v) is 9.37. The third kappa shape index (κ3) is 4.48. The summed E-state index contributed by atoms with van der Waals surface area (Å²) in [6, 6.07) is 3.59. The van der Waals surface area contributed by atoms with Gasteiger partial charge in [0, 0.05) is 11.0 Å². The first kappa shape index (κ1) is 16.9. The van der Waals surface area contributed by atoms with E-state index in [1.165, 1.54) is 6.07 Å². The molecule has 1 aliphatic heterocycles. The Hall–Kier alpha value is -0.500. The van der Waals surface area contributed by atoms with Crippen molar-refractivity contribution in [2.45, 2.75) is 24.7 Å². The van der Waals surface area contributed by atoms with Gasteiger partial charge < -0.3 is 4.90 Å². The van der Waals surface area contributed by atoms with Crippen LogP contribution in [0.25, 0.3) is 0 Å². The Bertz CT molecular complexity index is 587. The van der Waals surface area contributed by atoms with Crippen LogP contribution in [0.4, 0.5) is 4.39 Å². The number of sulfonamides is 1. The highest BCUT2D eigenvalue weighted by molar-refractivity contribution is 9.10. The van der Waals surface area contributed by atoms with Crippen LogP contribution in [0.3, 0.4) is 0 Å². The summed E-state index contributed by atoms with van der Waals surface area (Å²) in [6.07, 6.45) is 2.00. The van der Waals surface area contributed by atoms with E-state index in [4.69, 9.17) is 0 Å². The van der Waals surface area contributed by atoms with Crippen LogP contribution in [-0.4, -0.2) is 39.5 Å². The molecular weight excluding hydrogens is 359 g/mol. The fraction of sp³-hybridized carbons (Fsp3) is 0.571. The molecule has 4 nitrogen and oxygen atoms in total. The fourth-order valence-corrected chi connectivity index (χ4v) is 4.67. The number of hydrogen-bond donors (Lipinski definition) is 1. The molecule has 21 heavy (non-hydrogen) atoms. The topological polar surface area (TPSA) is 49.4 Å². The minimum atomic E-state index is -3.60. The van der Waals surface area contributed by atoms with Gasteiger partial charge in [-0.2, -0.15) is 0 Å². The predicted octanol–water partition coefficient (Wildman–Crippen LogP) is 2.60. The molecule has 118 valence electrons. The van der Waals surface area contributed by atoms with E-state index in [0.717, 1.165) is 44.6 Å². The molecule has 1 heterocycles. The van der Waals surface area contributed by atoms with Gasteiger partial charge in [0.25, 0.3) is 0 Å². The number of piperidine rings is 1. The van der Waals surface area contributed by atoms with Crippen LogP contribution in [0, 0.1) is 11.7 Å². The summed E-state index contributed by atoms with van der Waals surface area (Å²) in [4.78, 5) is 2.44. The lowest BCUT2D eigenvalue weighted by Gasteiger charge is -2.31. The predicted molar refractivity (Wildman–Crippen MR) is 84.1 cm³/mol. The zero-order chi connectivity index (χ0) is 15.5. The number of rotatable bonds is 5. The molecule has 0 saturated carbocycles. The minimum absolute atomic E-state index is 0.0786. The fourth-order valence-electron chi connectivity index (χ4n) is 2.51. The van der Waals surface area contributed by atoms with E-state index in [1.54, 1.807) is 0 Å². The monoisotopic (exact) mass is 378 g/mol. The third-order valence-electron chi connectivity index (χ3n) is 3.90. The quantitative estimate of drug-likeness (QED) is 0.856. The van der Waals surface area contributed by atoms with E-state index >= 15 is 0 Å². The van der Waals surface area contributed by atoms with Crippen LogP contribution >= 0.6 is 15.9 Å². The van der Waals surface area contributed by atoms with Gasteiger partial charge in [-0.05, 0) is 72.5 Å². The van der Waals surface area contributed by atoms with Crippen LogP contribution in [0.2, 0.25) is 0 Å². The Labute approximate surface area is 133 Å². The summed E-state index contributed by atoms with van der Waals surface area (Å²) in [6.45, 7) is 5.64. The van der Waals surface area contributed by atoms with Gasteiger partial charge in [-0.15, -0.1) is 0 Å². The van der Waals surface area contributed by atoms with Gasteiger partial charge in [-0.1, -0.05) is 6.92 Å². The zero-order valence-corrected chi connectivity index (χ0v) is 14.4. The van der Waals surface area contributed by atoms with Gasteiger partial charge in [-0.25, -0.2) is 17.5 Å². The number of benzene rings is 1. The summed E-state index contributed by atoms with van der Waals surface area (Å²) >= 11 is 3.10. The second-order valence-corrected chi connectivity index (χ2v) is 7.89. The molecule has 0 amide bonds. The first-order chi connectivity index (χ1) is 9.92. The summed E-state index contributed by atoms with van der Waals surface area (Å²) in [5, 5.41) is 0. The van der Waals surface area contributed by atoms with Crippen LogP contribution in [0.5, 0.6) is 0 Å². The number of hydrogen-bond acceptors (Lipinski definition) is 3. The van der Waals surface area contributed by atoms with Gasteiger partial charge in [0.15, 0.2) is 0 Å². The Morgan fingerprint density at radius 2 is 2.05 bits per heavy atom. The van der Waals surface area contributed by atoms with Crippen molar-refractivity contribution in [3.63, 3.8) is 0 Å². The lowest BCUT2D eigenvalue weighted by molar-refractivity contribution is 0.193. The van der Waals surface area contributed by atoms with Gasteiger partial charge in [0.05, 0.1) is 4.90 Å². The highest BCUT2D eigenvalue weighted by Crippen LogP contribution is 2.23. The van der Waals surface area contributed by atoms with Crippen molar-refractivity contribution in [2.75, 3.05) is 26.2 Å². The molecule has 0 radical (unpaired) electrons. The molecule has 1 aromatic carbocycles. The van der Waals surface area contributed by atoms with E-state index in [9.17, 15) is 12.8 Å². The maximum atomic E-state index is 13.0. The lowest BCUT2D eigenvalue weighted by Crippen LogP contribution is -2.38. The molecule has 7 heteroatoms. The molecule has 0 aromatic heterocycles. The molecule has 1 aromatic rings. The molecule has 0 atom stereocenters. The number of halogens is 2. The smallest absolute Gasteiger partial charge is 0.241 e. The molecular formula is C14H20BrFN2O2S. The van der Waals surface area contributed by atoms with Crippen molar-refractivity contribution in [2.24, 2.45) is 5.92 Å². The summed E-state index contributed by atoms with van der Waals surface area (Å²) in [5.74, 6) is -0.102. The van der Waals surface area contributed by atoms with Gasteiger partial charge >= 0.3 is 0 Å². The SMILES string of the molecule is CCN1CCC(CNS(=O)(=O)c2ccc(F)cc2Br)CC1. The lowest BCUT2D eigenvalue weighted by atomic mass is 9.97. The molecule has 1 aliphatic rings. The van der Waals surface area contributed by atoms with E-state index < -0.39 is 15.8 Å². The largest absolute Gasteiger partial charge is 0.304 e. The van der Waals surface area contributed by atoms with E-state index in [0.29, 0.717) is 12.5 Å². The molecule has 0 spiro atoms. The highest BCUT2D eigenvalue weighted by Gasteiger charge is 2.22. The minimum Gasteiger partial charge on any atom is -0.304 e. The summed E-state index contributed by atoms with van der Waals surface area (Å²) in [7, 11) is -3.60. The molecule has 2 rings (SSSR count). The molecule has 1 N–H and O–H groups in total. The Balaban J connectivity index is 1.96.